The number of para-hydroxylation sites is 1. The Hall–Kier alpha value is -1.92. The molecule has 6 heteroatoms. The minimum absolute atomic E-state index is 0.0770. The largest absolute Gasteiger partial charge is 0.491 e. The molecular formula is C17H24N4O2. The number of ether oxygens (including phenoxy) is 2. The topological polar surface area (TPSA) is 63.3 Å². The molecule has 0 saturated carbocycles. The zero-order valence-electron chi connectivity index (χ0n) is 14.0. The van der Waals surface area contributed by atoms with Gasteiger partial charge in [-0.15, -0.1) is 0 Å². The second-order valence-corrected chi connectivity index (χ2v) is 6.15. The van der Waals surface area contributed by atoms with E-state index in [4.69, 9.17) is 9.47 Å². The van der Waals surface area contributed by atoms with E-state index in [0.29, 0.717) is 6.61 Å². The summed E-state index contributed by atoms with van der Waals surface area (Å²) < 4.78 is 11.7. The summed E-state index contributed by atoms with van der Waals surface area (Å²) in [5, 5.41) is 7.11. The van der Waals surface area contributed by atoms with Crippen LogP contribution in [-0.2, 0) is 11.3 Å². The minimum Gasteiger partial charge on any atom is -0.491 e. The van der Waals surface area contributed by atoms with E-state index < -0.39 is 0 Å². The first-order valence-electron chi connectivity index (χ1n) is 8.09. The van der Waals surface area contributed by atoms with Crippen molar-refractivity contribution in [2.75, 3.05) is 19.7 Å². The van der Waals surface area contributed by atoms with Gasteiger partial charge in [0.2, 0.25) is 0 Å². The molecule has 1 fully saturated rings. The molecule has 1 N–H and O–H groups in total. The molecule has 2 aromatic rings. The van der Waals surface area contributed by atoms with Crippen molar-refractivity contribution in [3.8, 4) is 5.75 Å². The Morgan fingerprint density at radius 2 is 2.22 bits per heavy atom. The third kappa shape index (κ3) is 4.09. The monoisotopic (exact) mass is 316 g/mol. The maximum Gasteiger partial charge on any atom is 0.180 e. The highest BCUT2D eigenvalue weighted by Gasteiger charge is 2.25. The van der Waals surface area contributed by atoms with Crippen molar-refractivity contribution < 1.29 is 9.47 Å². The predicted octanol–water partition coefficient (Wildman–Crippen LogP) is 2.47. The van der Waals surface area contributed by atoms with Gasteiger partial charge >= 0.3 is 0 Å². The summed E-state index contributed by atoms with van der Waals surface area (Å²) in [5.74, 6) is 2.51. The van der Waals surface area contributed by atoms with E-state index in [1.54, 1.807) is 0 Å². The van der Waals surface area contributed by atoms with Gasteiger partial charge in [0.15, 0.2) is 5.82 Å². The predicted molar refractivity (Wildman–Crippen MR) is 87.3 cm³/mol. The highest BCUT2D eigenvalue weighted by Crippen LogP contribution is 2.25. The summed E-state index contributed by atoms with van der Waals surface area (Å²) in [6.07, 6.45) is 0.0942. The second kappa shape index (κ2) is 7.10. The van der Waals surface area contributed by atoms with Gasteiger partial charge in [0.25, 0.3) is 0 Å². The van der Waals surface area contributed by atoms with Crippen LogP contribution in [0.5, 0.6) is 5.75 Å². The third-order valence-corrected chi connectivity index (χ3v) is 3.78. The van der Waals surface area contributed by atoms with Crippen molar-refractivity contribution in [3.63, 3.8) is 0 Å². The van der Waals surface area contributed by atoms with Crippen molar-refractivity contribution >= 4 is 0 Å². The number of H-pyrrole nitrogens is 1. The third-order valence-electron chi connectivity index (χ3n) is 3.78. The van der Waals surface area contributed by atoms with Gasteiger partial charge in [0.05, 0.1) is 12.7 Å². The Bertz CT molecular complexity index is 641. The molecule has 3 rings (SSSR count). The van der Waals surface area contributed by atoms with E-state index in [0.717, 1.165) is 37.0 Å². The number of aryl methyl sites for hydroxylation is 1. The van der Waals surface area contributed by atoms with E-state index in [2.05, 4.69) is 32.2 Å². The normalized spacial score (nSPS) is 19.2. The molecule has 0 aliphatic carbocycles. The number of benzene rings is 1. The lowest BCUT2D eigenvalue weighted by atomic mass is 10.1. The minimum atomic E-state index is -0.0770. The summed E-state index contributed by atoms with van der Waals surface area (Å²) in [6, 6.07) is 8.23. The molecule has 124 valence electrons. The molecule has 0 spiro atoms. The molecule has 0 bridgehead atoms. The molecule has 1 aliphatic rings. The zero-order valence-corrected chi connectivity index (χ0v) is 14.0. The van der Waals surface area contributed by atoms with Gasteiger partial charge in [-0.1, -0.05) is 18.2 Å². The second-order valence-electron chi connectivity index (χ2n) is 6.15. The Labute approximate surface area is 136 Å². The SMILES string of the molecule is Cc1nc([C@@H]2CN(Cc3ccccc3OC(C)C)CCO2)n[nH]1. The van der Waals surface area contributed by atoms with Crippen molar-refractivity contribution in [1.29, 1.82) is 0 Å². The highest BCUT2D eigenvalue weighted by molar-refractivity contribution is 5.33. The van der Waals surface area contributed by atoms with Gasteiger partial charge in [-0.2, -0.15) is 5.10 Å². The summed E-state index contributed by atoms with van der Waals surface area (Å²) in [5.41, 5.74) is 1.20. The van der Waals surface area contributed by atoms with Crippen LogP contribution in [0, 0.1) is 6.92 Å². The number of morpholine rings is 1. The maximum atomic E-state index is 5.91. The van der Waals surface area contributed by atoms with Crippen LogP contribution in [0.15, 0.2) is 24.3 Å². The number of rotatable bonds is 5. The standard InChI is InChI=1S/C17H24N4O2/c1-12(2)23-15-7-5-4-6-14(15)10-21-8-9-22-16(11-21)17-18-13(3)19-20-17/h4-7,12,16H,8-11H2,1-3H3,(H,18,19,20)/t16-/m0/s1. The number of nitrogens with zero attached hydrogens (tertiary/aromatic N) is 3. The lowest BCUT2D eigenvalue weighted by Gasteiger charge is -2.32. The van der Waals surface area contributed by atoms with Gasteiger partial charge in [-0.3, -0.25) is 10.00 Å². The summed E-state index contributed by atoms with van der Waals surface area (Å²) in [6.45, 7) is 9.21. The fraction of sp³-hybridized carbons (Fsp3) is 0.529. The number of nitrogens with one attached hydrogen (secondary N) is 1. The average Bonchev–Trinajstić information content (AvgIpc) is 2.96. The van der Waals surface area contributed by atoms with Crippen molar-refractivity contribution in [2.24, 2.45) is 0 Å². The Morgan fingerprint density at radius 3 is 2.96 bits per heavy atom. The van der Waals surface area contributed by atoms with Crippen LogP contribution in [0.3, 0.4) is 0 Å². The molecular weight excluding hydrogens is 292 g/mol. The lowest BCUT2D eigenvalue weighted by molar-refractivity contribution is -0.0373. The highest BCUT2D eigenvalue weighted by atomic mass is 16.5. The molecule has 0 amide bonds. The first kappa shape index (κ1) is 16.0. The van der Waals surface area contributed by atoms with E-state index in [-0.39, 0.29) is 12.2 Å². The first-order valence-corrected chi connectivity index (χ1v) is 8.09. The number of hydrogen-bond acceptors (Lipinski definition) is 5. The average molecular weight is 316 g/mol. The Morgan fingerprint density at radius 1 is 1.39 bits per heavy atom. The van der Waals surface area contributed by atoms with Crippen LogP contribution in [0.4, 0.5) is 0 Å². The van der Waals surface area contributed by atoms with Crippen LogP contribution >= 0.6 is 0 Å². The molecule has 1 aliphatic heterocycles. The molecule has 0 unspecified atom stereocenters. The van der Waals surface area contributed by atoms with Crippen LogP contribution in [0.1, 0.15) is 37.2 Å². The molecule has 1 aromatic heterocycles. The van der Waals surface area contributed by atoms with E-state index in [1.165, 1.54) is 5.56 Å². The number of aromatic nitrogens is 3. The van der Waals surface area contributed by atoms with Crippen LogP contribution < -0.4 is 4.74 Å². The van der Waals surface area contributed by atoms with Crippen LogP contribution in [-0.4, -0.2) is 45.9 Å². The van der Waals surface area contributed by atoms with Crippen LogP contribution in [0.2, 0.25) is 0 Å². The number of aromatic amines is 1. The molecule has 1 saturated heterocycles. The fourth-order valence-corrected chi connectivity index (χ4v) is 2.75. The molecule has 23 heavy (non-hydrogen) atoms. The van der Waals surface area contributed by atoms with Gasteiger partial charge in [0.1, 0.15) is 17.7 Å². The molecule has 0 radical (unpaired) electrons. The summed E-state index contributed by atoms with van der Waals surface area (Å²) in [7, 11) is 0. The van der Waals surface area contributed by atoms with Gasteiger partial charge in [0, 0.05) is 25.2 Å². The van der Waals surface area contributed by atoms with E-state index in [1.807, 2.05) is 32.9 Å². The quantitative estimate of drug-likeness (QED) is 0.918. The maximum absolute atomic E-state index is 5.91. The van der Waals surface area contributed by atoms with E-state index >= 15 is 0 Å². The fourth-order valence-electron chi connectivity index (χ4n) is 2.75. The van der Waals surface area contributed by atoms with Crippen molar-refractivity contribution in [2.45, 2.75) is 39.5 Å². The van der Waals surface area contributed by atoms with Crippen LogP contribution in [0.25, 0.3) is 0 Å². The smallest absolute Gasteiger partial charge is 0.180 e. The van der Waals surface area contributed by atoms with Gasteiger partial charge in [-0.05, 0) is 26.8 Å². The summed E-state index contributed by atoms with van der Waals surface area (Å²) >= 11 is 0. The van der Waals surface area contributed by atoms with Crippen molar-refractivity contribution in [3.05, 3.63) is 41.5 Å². The molecule has 6 nitrogen and oxygen atoms in total. The van der Waals surface area contributed by atoms with Gasteiger partial charge in [-0.25, -0.2) is 4.98 Å². The molecule has 1 aromatic carbocycles. The van der Waals surface area contributed by atoms with E-state index in [9.17, 15) is 0 Å². The summed E-state index contributed by atoms with van der Waals surface area (Å²) in [4.78, 5) is 6.75. The van der Waals surface area contributed by atoms with Gasteiger partial charge < -0.3 is 9.47 Å². The first-order chi connectivity index (χ1) is 11.1. The molecule has 1 atom stereocenters. The Balaban J connectivity index is 1.68. The lowest BCUT2D eigenvalue weighted by Crippen LogP contribution is -2.38. The zero-order chi connectivity index (χ0) is 16.2. The Kier molecular flexibility index (Phi) is 4.93. The van der Waals surface area contributed by atoms with Crippen molar-refractivity contribution in [1.82, 2.24) is 20.1 Å². The number of hydrogen-bond donors (Lipinski definition) is 1. The molecule has 2 heterocycles.